The van der Waals surface area contributed by atoms with Crippen molar-refractivity contribution >= 4 is 28.5 Å². The van der Waals surface area contributed by atoms with Crippen LogP contribution in [0.5, 0.6) is 0 Å². The van der Waals surface area contributed by atoms with Crippen molar-refractivity contribution in [3.8, 4) is 0 Å². The average Bonchev–Trinajstić information content (AvgIpc) is 2.82. The number of rotatable bonds is 4. The molecule has 2 rings (SSSR count). The third-order valence-electron chi connectivity index (χ3n) is 3.06. The molecule has 1 saturated heterocycles. The van der Waals surface area contributed by atoms with Gasteiger partial charge in [0.1, 0.15) is 0 Å². The highest BCUT2D eigenvalue weighted by Gasteiger charge is 2.14. The molecule has 0 spiro atoms. The summed E-state index contributed by atoms with van der Waals surface area (Å²) in [6.07, 6.45) is 3.52. The van der Waals surface area contributed by atoms with E-state index in [9.17, 15) is 4.79 Å². The predicted molar refractivity (Wildman–Crippen MR) is 77.1 cm³/mol. The SMILES string of the molecule is O=C(NCC[C@H]1CCCN1)c1ccccc1I. The maximum Gasteiger partial charge on any atom is 0.252 e. The number of amides is 1. The molecule has 17 heavy (non-hydrogen) atoms. The Bertz CT molecular complexity index is 389. The summed E-state index contributed by atoms with van der Waals surface area (Å²) in [6, 6.07) is 8.25. The fourth-order valence-corrected chi connectivity index (χ4v) is 2.74. The Morgan fingerprint density at radius 3 is 3.00 bits per heavy atom. The van der Waals surface area contributed by atoms with Gasteiger partial charge in [0, 0.05) is 16.2 Å². The molecule has 3 nitrogen and oxygen atoms in total. The maximum atomic E-state index is 11.9. The highest BCUT2D eigenvalue weighted by molar-refractivity contribution is 14.1. The number of nitrogens with one attached hydrogen (secondary N) is 2. The first-order valence-corrected chi connectivity index (χ1v) is 7.11. The van der Waals surface area contributed by atoms with E-state index >= 15 is 0 Å². The molecule has 1 aliphatic heterocycles. The average molecular weight is 344 g/mol. The molecule has 4 heteroatoms. The molecule has 92 valence electrons. The van der Waals surface area contributed by atoms with Gasteiger partial charge < -0.3 is 10.6 Å². The van der Waals surface area contributed by atoms with Gasteiger partial charge in [-0.2, -0.15) is 0 Å². The zero-order chi connectivity index (χ0) is 12.1. The van der Waals surface area contributed by atoms with Crippen molar-refractivity contribution in [2.24, 2.45) is 0 Å². The Balaban J connectivity index is 1.79. The van der Waals surface area contributed by atoms with Crippen LogP contribution in [0.15, 0.2) is 24.3 Å². The molecule has 1 aromatic carbocycles. The van der Waals surface area contributed by atoms with Gasteiger partial charge in [0.15, 0.2) is 0 Å². The van der Waals surface area contributed by atoms with Gasteiger partial charge in [-0.15, -0.1) is 0 Å². The van der Waals surface area contributed by atoms with Crippen LogP contribution >= 0.6 is 22.6 Å². The molecular formula is C13H17IN2O. The van der Waals surface area contributed by atoms with Crippen molar-refractivity contribution in [3.63, 3.8) is 0 Å². The van der Waals surface area contributed by atoms with Crippen LogP contribution in [0, 0.1) is 3.57 Å². The van der Waals surface area contributed by atoms with Gasteiger partial charge in [-0.1, -0.05) is 12.1 Å². The summed E-state index contributed by atoms with van der Waals surface area (Å²) in [5.41, 5.74) is 0.771. The van der Waals surface area contributed by atoms with Crippen LogP contribution in [-0.4, -0.2) is 25.0 Å². The Hall–Kier alpha value is -0.620. The maximum absolute atomic E-state index is 11.9. The number of carbonyl (C=O) groups excluding carboxylic acids is 1. The van der Waals surface area contributed by atoms with Crippen LogP contribution in [0.4, 0.5) is 0 Å². The smallest absolute Gasteiger partial charge is 0.252 e. The first kappa shape index (κ1) is 12.8. The van der Waals surface area contributed by atoms with E-state index in [1.54, 1.807) is 0 Å². The highest BCUT2D eigenvalue weighted by atomic mass is 127. The minimum absolute atomic E-state index is 0.0352. The molecule has 1 aliphatic rings. The Morgan fingerprint density at radius 1 is 1.47 bits per heavy atom. The van der Waals surface area contributed by atoms with Crippen LogP contribution < -0.4 is 10.6 Å². The summed E-state index contributed by atoms with van der Waals surface area (Å²) in [4.78, 5) is 11.9. The standard InChI is InChI=1S/C13H17IN2O/c14-12-6-2-1-5-11(12)13(17)16-9-7-10-4-3-8-15-10/h1-2,5-6,10,15H,3-4,7-9H2,(H,16,17)/t10-/m1/s1. The van der Waals surface area contributed by atoms with Crippen molar-refractivity contribution in [3.05, 3.63) is 33.4 Å². The number of carbonyl (C=O) groups is 1. The number of hydrogen-bond donors (Lipinski definition) is 2. The summed E-state index contributed by atoms with van der Waals surface area (Å²) < 4.78 is 1.00. The third kappa shape index (κ3) is 3.67. The summed E-state index contributed by atoms with van der Waals surface area (Å²) in [6.45, 7) is 1.87. The monoisotopic (exact) mass is 344 g/mol. The normalized spacial score (nSPS) is 19.2. The zero-order valence-electron chi connectivity index (χ0n) is 9.71. The van der Waals surface area contributed by atoms with Crippen molar-refractivity contribution in [1.29, 1.82) is 0 Å². The van der Waals surface area contributed by atoms with Crippen LogP contribution in [0.2, 0.25) is 0 Å². The minimum Gasteiger partial charge on any atom is -0.352 e. The summed E-state index contributed by atoms with van der Waals surface area (Å²) in [7, 11) is 0. The molecule has 1 amide bonds. The van der Waals surface area contributed by atoms with E-state index in [1.807, 2.05) is 24.3 Å². The second-order valence-electron chi connectivity index (χ2n) is 4.32. The van der Waals surface area contributed by atoms with E-state index in [0.717, 1.165) is 28.6 Å². The van der Waals surface area contributed by atoms with E-state index in [-0.39, 0.29) is 5.91 Å². The first-order chi connectivity index (χ1) is 8.27. The molecule has 0 radical (unpaired) electrons. The third-order valence-corrected chi connectivity index (χ3v) is 4.00. The lowest BCUT2D eigenvalue weighted by Crippen LogP contribution is -2.30. The number of halogens is 1. The predicted octanol–water partition coefficient (Wildman–Crippen LogP) is 2.16. The molecule has 2 N–H and O–H groups in total. The van der Waals surface area contributed by atoms with Crippen LogP contribution in [0.25, 0.3) is 0 Å². The highest BCUT2D eigenvalue weighted by Crippen LogP contribution is 2.11. The fourth-order valence-electron chi connectivity index (χ4n) is 2.10. The summed E-state index contributed by atoms with van der Waals surface area (Å²) >= 11 is 2.19. The second kappa shape index (κ2) is 6.35. The van der Waals surface area contributed by atoms with E-state index in [4.69, 9.17) is 0 Å². The lowest BCUT2D eigenvalue weighted by molar-refractivity contribution is 0.0951. The molecular weight excluding hydrogens is 327 g/mol. The Kier molecular flexibility index (Phi) is 4.79. The van der Waals surface area contributed by atoms with E-state index < -0.39 is 0 Å². The van der Waals surface area contributed by atoms with Gasteiger partial charge in [0.2, 0.25) is 0 Å². The van der Waals surface area contributed by atoms with Gasteiger partial charge in [0.25, 0.3) is 5.91 Å². The van der Waals surface area contributed by atoms with E-state index in [1.165, 1.54) is 12.8 Å². The van der Waals surface area contributed by atoms with Crippen LogP contribution in [0.3, 0.4) is 0 Å². The summed E-state index contributed by atoms with van der Waals surface area (Å²) in [5.74, 6) is 0.0352. The number of benzene rings is 1. The van der Waals surface area contributed by atoms with Gasteiger partial charge in [-0.05, 0) is 60.5 Å². The van der Waals surface area contributed by atoms with Crippen molar-refractivity contribution in [2.45, 2.75) is 25.3 Å². The van der Waals surface area contributed by atoms with Crippen molar-refractivity contribution < 1.29 is 4.79 Å². The largest absolute Gasteiger partial charge is 0.352 e. The fraction of sp³-hybridized carbons (Fsp3) is 0.462. The van der Waals surface area contributed by atoms with Gasteiger partial charge >= 0.3 is 0 Å². The van der Waals surface area contributed by atoms with Gasteiger partial charge in [-0.25, -0.2) is 0 Å². The Morgan fingerprint density at radius 2 is 2.29 bits per heavy atom. The van der Waals surface area contributed by atoms with E-state index in [2.05, 4.69) is 33.2 Å². The minimum atomic E-state index is 0.0352. The van der Waals surface area contributed by atoms with Crippen LogP contribution in [0.1, 0.15) is 29.6 Å². The molecule has 1 atom stereocenters. The molecule has 0 unspecified atom stereocenters. The second-order valence-corrected chi connectivity index (χ2v) is 5.48. The lowest BCUT2D eigenvalue weighted by atomic mass is 10.1. The van der Waals surface area contributed by atoms with E-state index in [0.29, 0.717) is 6.04 Å². The first-order valence-electron chi connectivity index (χ1n) is 6.03. The summed E-state index contributed by atoms with van der Waals surface area (Å²) in [5, 5.41) is 6.41. The van der Waals surface area contributed by atoms with Gasteiger partial charge in [0.05, 0.1) is 5.56 Å². The van der Waals surface area contributed by atoms with Crippen molar-refractivity contribution in [1.82, 2.24) is 10.6 Å². The van der Waals surface area contributed by atoms with Crippen LogP contribution in [-0.2, 0) is 0 Å². The quantitative estimate of drug-likeness (QED) is 0.822. The molecule has 0 bridgehead atoms. The molecule has 1 aromatic rings. The van der Waals surface area contributed by atoms with Gasteiger partial charge in [-0.3, -0.25) is 4.79 Å². The molecule has 1 heterocycles. The molecule has 1 fully saturated rings. The Labute approximate surface area is 116 Å². The zero-order valence-corrected chi connectivity index (χ0v) is 11.9. The lowest BCUT2D eigenvalue weighted by Gasteiger charge is -2.11. The molecule has 0 saturated carbocycles. The number of hydrogen-bond acceptors (Lipinski definition) is 2. The topological polar surface area (TPSA) is 41.1 Å². The molecule has 0 aromatic heterocycles. The van der Waals surface area contributed by atoms with Crippen molar-refractivity contribution in [2.75, 3.05) is 13.1 Å². The molecule has 0 aliphatic carbocycles.